The Hall–Kier alpha value is -1.96. The van der Waals surface area contributed by atoms with Crippen molar-refractivity contribution in [3.8, 4) is 0 Å². The van der Waals surface area contributed by atoms with Crippen LogP contribution in [0.5, 0.6) is 0 Å². The first kappa shape index (κ1) is 19.4. The largest absolute Gasteiger partial charge is 0.340 e. The average Bonchev–Trinajstić information content (AvgIpc) is 3.10. The third-order valence-corrected chi connectivity index (χ3v) is 6.91. The molecule has 7 heteroatoms. The Morgan fingerprint density at radius 1 is 1.14 bits per heavy atom. The molecule has 2 aromatic heterocycles. The number of amides is 1. The minimum atomic E-state index is 0.249. The fourth-order valence-electron chi connectivity index (χ4n) is 3.46. The zero-order valence-electron chi connectivity index (χ0n) is 16.0. The lowest BCUT2D eigenvalue weighted by atomic mass is 10.2. The molecule has 0 saturated carbocycles. The second-order valence-electron chi connectivity index (χ2n) is 7.00. The predicted octanol–water partition coefficient (Wildman–Crippen LogP) is 3.83. The van der Waals surface area contributed by atoms with Crippen molar-refractivity contribution in [2.45, 2.75) is 24.9 Å². The summed E-state index contributed by atoms with van der Waals surface area (Å²) in [5.74, 6) is 1.00. The van der Waals surface area contributed by atoms with E-state index in [4.69, 9.17) is 0 Å². The number of thioether (sulfide) groups is 1. The number of hydrogen-bond acceptors (Lipinski definition) is 6. The maximum absolute atomic E-state index is 12.6. The highest BCUT2D eigenvalue weighted by atomic mass is 32.2. The van der Waals surface area contributed by atoms with Crippen LogP contribution in [0.25, 0.3) is 10.2 Å². The van der Waals surface area contributed by atoms with Gasteiger partial charge in [0.15, 0.2) is 0 Å². The van der Waals surface area contributed by atoms with Crippen LogP contribution in [0.15, 0.2) is 47.8 Å². The highest BCUT2D eigenvalue weighted by Gasteiger charge is 2.21. The Bertz CT molecular complexity index is 936. The van der Waals surface area contributed by atoms with Crippen LogP contribution in [0.4, 0.5) is 0 Å². The third kappa shape index (κ3) is 4.71. The summed E-state index contributed by atoms with van der Waals surface area (Å²) in [6.45, 7) is 6.56. The van der Waals surface area contributed by atoms with Crippen molar-refractivity contribution in [1.29, 1.82) is 0 Å². The summed E-state index contributed by atoms with van der Waals surface area (Å²) < 4.78 is 0. The van der Waals surface area contributed by atoms with E-state index in [0.717, 1.165) is 53.7 Å². The quantitative estimate of drug-likeness (QED) is 0.455. The van der Waals surface area contributed by atoms with E-state index in [-0.39, 0.29) is 5.91 Å². The molecule has 0 unspecified atom stereocenters. The van der Waals surface area contributed by atoms with Crippen LogP contribution in [-0.2, 0) is 11.3 Å². The fraction of sp³-hybridized carbons (Fsp3) is 0.381. The number of rotatable bonds is 6. The van der Waals surface area contributed by atoms with Crippen molar-refractivity contribution in [2.75, 3.05) is 31.9 Å². The van der Waals surface area contributed by atoms with Crippen LogP contribution in [0.2, 0.25) is 0 Å². The second-order valence-corrected chi connectivity index (χ2v) is 9.31. The molecule has 1 saturated heterocycles. The van der Waals surface area contributed by atoms with Gasteiger partial charge in [-0.1, -0.05) is 30.3 Å². The van der Waals surface area contributed by atoms with Crippen molar-refractivity contribution in [2.24, 2.45) is 0 Å². The van der Waals surface area contributed by atoms with E-state index in [1.165, 1.54) is 10.4 Å². The van der Waals surface area contributed by atoms with E-state index in [9.17, 15) is 4.79 Å². The van der Waals surface area contributed by atoms with Gasteiger partial charge < -0.3 is 4.90 Å². The molecule has 0 spiro atoms. The maximum Gasteiger partial charge on any atom is 0.223 e. The molecule has 146 valence electrons. The number of benzene rings is 1. The molecule has 0 radical (unpaired) electrons. The highest BCUT2D eigenvalue weighted by Crippen LogP contribution is 2.30. The van der Waals surface area contributed by atoms with Gasteiger partial charge in [-0.05, 0) is 18.6 Å². The predicted molar refractivity (Wildman–Crippen MR) is 116 cm³/mol. The van der Waals surface area contributed by atoms with Gasteiger partial charge in [-0.25, -0.2) is 9.97 Å². The van der Waals surface area contributed by atoms with Crippen molar-refractivity contribution in [3.63, 3.8) is 0 Å². The molecule has 0 atom stereocenters. The minimum absolute atomic E-state index is 0.249. The number of nitrogens with zero attached hydrogens (tertiary/aromatic N) is 4. The standard InChI is InChI=1S/C21H24N4OS2/c1-16-13-18-20(22-15-23-21(18)28-16)27-12-7-19(26)25-10-8-24(9-11-25)14-17-5-3-2-4-6-17/h2-6,13,15H,7-12,14H2,1H3. The SMILES string of the molecule is Cc1cc2c(SCCC(=O)N3CCN(Cc4ccccc4)CC3)ncnc2s1. The second kappa shape index (κ2) is 9.03. The summed E-state index contributed by atoms with van der Waals surface area (Å²) in [7, 11) is 0. The lowest BCUT2D eigenvalue weighted by molar-refractivity contribution is -0.132. The van der Waals surface area contributed by atoms with E-state index in [1.54, 1.807) is 29.4 Å². The summed E-state index contributed by atoms with van der Waals surface area (Å²) in [5, 5.41) is 2.09. The Morgan fingerprint density at radius 2 is 1.93 bits per heavy atom. The van der Waals surface area contributed by atoms with Gasteiger partial charge in [0.2, 0.25) is 5.91 Å². The van der Waals surface area contributed by atoms with Gasteiger partial charge in [0.25, 0.3) is 0 Å². The van der Waals surface area contributed by atoms with E-state index in [1.807, 2.05) is 11.0 Å². The molecule has 1 aromatic carbocycles. The molecule has 5 nitrogen and oxygen atoms in total. The Kier molecular flexibility index (Phi) is 6.24. The van der Waals surface area contributed by atoms with Crippen LogP contribution in [0.3, 0.4) is 0 Å². The first-order valence-corrected chi connectivity index (χ1v) is 11.4. The molecule has 1 aliphatic heterocycles. The molecule has 3 aromatic rings. The minimum Gasteiger partial charge on any atom is -0.340 e. The molecule has 1 amide bonds. The number of hydrogen-bond donors (Lipinski definition) is 0. The van der Waals surface area contributed by atoms with E-state index in [0.29, 0.717) is 6.42 Å². The molecule has 4 rings (SSSR count). The number of aryl methyl sites for hydroxylation is 1. The number of carbonyl (C=O) groups is 1. The molecular formula is C21H24N4OS2. The lowest BCUT2D eigenvalue weighted by Crippen LogP contribution is -2.48. The smallest absolute Gasteiger partial charge is 0.223 e. The van der Waals surface area contributed by atoms with Crippen molar-refractivity contribution in [3.05, 3.63) is 53.2 Å². The van der Waals surface area contributed by atoms with Crippen molar-refractivity contribution in [1.82, 2.24) is 19.8 Å². The zero-order chi connectivity index (χ0) is 19.3. The molecule has 28 heavy (non-hydrogen) atoms. The molecule has 1 fully saturated rings. The number of carbonyl (C=O) groups excluding carboxylic acids is 1. The summed E-state index contributed by atoms with van der Waals surface area (Å²) in [5.41, 5.74) is 1.33. The molecule has 0 aliphatic carbocycles. The molecule has 1 aliphatic rings. The molecule has 3 heterocycles. The number of aromatic nitrogens is 2. The molecule has 0 bridgehead atoms. The molecule has 0 N–H and O–H groups in total. The van der Waals surface area contributed by atoms with Crippen LogP contribution < -0.4 is 0 Å². The van der Waals surface area contributed by atoms with Crippen LogP contribution in [-0.4, -0.2) is 57.6 Å². The third-order valence-electron chi connectivity index (χ3n) is 4.94. The van der Waals surface area contributed by atoms with Gasteiger partial charge in [-0.15, -0.1) is 23.1 Å². The van der Waals surface area contributed by atoms with Crippen LogP contribution in [0, 0.1) is 6.92 Å². The normalized spacial score (nSPS) is 15.2. The topological polar surface area (TPSA) is 49.3 Å². The van der Waals surface area contributed by atoms with Crippen molar-refractivity contribution >= 4 is 39.2 Å². The van der Waals surface area contributed by atoms with Crippen LogP contribution in [0.1, 0.15) is 16.9 Å². The molecular weight excluding hydrogens is 388 g/mol. The Balaban J connectivity index is 1.23. The summed E-state index contributed by atoms with van der Waals surface area (Å²) in [6, 6.07) is 12.7. The monoisotopic (exact) mass is 412 g/mol. The van der Waals surface area contributed by atoms with Crippen LogP contribution >= 0.6 is 23.1 Å². The first-order chi connectivity index (χ1) is 13.7. The fourth-order valence-corrected chi connectivity index (χ4v) is 5.27. The lowest BCUT2D eigenvalue weighted by Gasteiger charge is -2.34. The maximum atomic E-state index is 12.6. The average molecular weight is 413 g/mol. The number of piperazine rings is 1. The van der Waals surface area contributed by atoms with Gasteiger partial charge in [0.05, 0.1) is 0 Å². The number of fused-ring (bicyclic) bond motifs is 1. The summed E-state index contributed by atoms with van der Waals surface area (Å²) in [4.78, 5) is 28.0. The van der Waals surface area contributed by atoms with E-state index < -0.39 is 0 Å². The van der Waals surface area contributed by atoms with Gasteiger partial charge in [0, 0.05) is 55.2 Å². The van der Waals surface area contributed by atoms with Gasteiger partial charge in [0.1, 0.15) is 16.2 Å². The van der Waals surface area contributed by atoms with Gasteiger partial charge in [-0.2, -0.15) is 0 Å². The first-order valence-electron chi connectivity index (χ1n) is 9.57. The summed E-state index contributed by atoms with van der Waals surface area (Å²) >= 11 is 3.34. The van der Waals surface area contributed by atoms with Gasteiger partial charge in [-0.3, -0.25) is 9.69 Å². The number of thiophene rings is 1. The van der Waals surface area contributed by atoms with E-state index >= 15 is 0 Å². The summed E-state index contributed by atoms with van der Waals surface area (Å²) in [6.07, 6.45) is 2.17. The van der Waals surface area contributed by atoms with E-state index in [2.05, 4.69) is 52.1 Å². The highest BCUT2D eigenvalue weighted by molar-refractivity contribution is 7.99. The Morgan fingerprint density at radius 3 is 2.71 bits per heavy atom. The van der Waals surface area contributed by atoms with Crippen molar-refractivity contribution < 1.29 is 4.79 Å². The zero-order valence-corrected chi connectivity index (χ0v) is 17.6. The Labute approximate surface area is 173 Å². The van der Waals surface area contributed by atoms with Gasteiger partial charge >= 0.3 is 0 Å².